The Balaban J connectivity index is 2.83. The molecule has 2 aromatic rings. The lowest BCUT2D eigenvalue weighted by atomic mass is 10.1. The molecular formula is C14H13Cl2NO2. The minimum Gasteiger partial charge on any atom is -0.494 e. The number of hydrogen-bond acceptors (Lipinski definition) is 2. The predicted octanol–water partition coefficient (Wildman–Crippen LogP) is 3.72. The Labute approximate surface area is 121 Å². The van der Waals surface area contributed by atoms with E-state index in [0.717, 1.165) is 5.56 Å². The smallest absolute Gasteiger partial charge is 0.261 e. The Morgan fingerprint density at radius 2 is 1.95 bits per heavy atom. The second-order valence-electron chi connectivity index (χ2n) is 4.25. The SMILES string of the molecule is CCc1c(C)cc(O)n(-c2cc(Cl)ccc2Cl)c1=O. The Kier molecular flexibility index (Phi) is 3.88. The number of benzene rings is 1. The van der Waals surface area contributed by atoms with Crippen LogP contribution in [0.15, 0.2) is 29.1 Å². The fourth-order valence-electron chi connectivity index (χ4n) is 2.07. The van der Waals surface area contributed by atoms with Crippen molar-refractivity contribution in [3.05, 3.63) is 55.8 Å². The summed E-state index contributed by atoms with van der Waals surface area (Å²) in [5.74, 6) is -0.149. The van der Waals surface area contributed by atoms with Gasteiger partial charge in [0, 0.05) is 16.7 Å². The van der Waals surface area contributed by atoms with Crippen molar-refractivity contribution in [2.75, 3.05) is 0 Å². The van der Waals surface area contributed by atoms with Crippen LogP contribution in [0.5, 0.6) is 5.88 Å². The molecule has 19 heavy (non-hydrogen) atoms. The number of aryl methyl sites for hydroxylation is 1. The molecule has 0 saturated carbocycles. The van der Waals surface area contributed by atoms with Crippen molar-refractivity contribution in [2.24, 2.45) is 0 Å². The molecule has 0 aliphatic rings. The molecule has 0 fully saturated rings. The molecule has 0 bridgehead atoms. The Bertz CT molecular complexity index is 693. The summed E-state index contributed by atoms with van der Waals surface area (Å²) < 4.78 is 1.18. The minimum absolute atomic E-state index is 0.149. The maximum absolute atomic E-state index is 12.4. The zero-order valence-electron chi connectivity index (χ0n) is 10.6. The number of rotatable bonds is 2. The largest absolute Gasteiger partial charge is 0.494 e. The van der Waals surface area contributed by atoms with Crippen LogP contribution in [0.4, 0.5) is 0 Å². The first kappa shape index (κ1) is 14.0. The molecule has 0 radical (unpaired) electrons. The molecule has 0 amide bonds. The van der Waals surface area contributed by atoms with Crippen LogP contribution in [-0.2, 0) is 6.42 Å². The lowest BCUT2D eigenvalue weighted by Crippen LogP contribution is -2.23. The summed E-state index contributed by atoms with van der Waals surface area (Å²) in [5.41, 5.74) is 1.52. The number of pyridine rings is 1. The van der Waals surface area contributed by atoms with E-state index in [0.29, 0.717) is 27.7 Å². The van der Waals surface area contributed by atoms with Gasteiger partial charge in [0.05, 0.1) is 10.7 Å². The first-order chi connectivity index (χ1) is 8.95. The van der Waals surface area contributed by atoms with Crippen LogP contribution >= 0.6 is 23.2 Å². The Morgan fingerprint density at radius 1 is 1.26 bits per heavy atom. The van der Waals surface area contributed by atoms with Gasteiger partial charge in [0.1, 0.15) is 0 Å². The van der Waals surface area contributed by atoms with E-state index >= 15 is 0 Å². The van der Waals surface area contributed by atoms with Crippen molar-refractivity contribution in [2.45, 2.75) is 20.3 Å². The van der Waals surface area contributed by atoms with Crippen molar-refractivity contribution >= 4 is 23.2 Å². The number of aromatic hydroxyl groups is 1. The first-order valence-corrected chi connectivity index (χ1v) is 6.61. The van der Waals surface area contributed by atoms with Crippen molar-refractivity contribution in [1.82, 2.24) is 4.57 Å². The summed E-state index contributed by atoms with van der Waals surface area (Å²) in [4.78, 5) is 12.4. The number of halogens is 2. The third-order valence-electron chi connectivity index (χ3n) is 3.01. The summed E-state index contributed by atoms with van der Waals surface area (Å²) in [6, 6.07) is 6.33. The maximum Gasteiger partial charge on any atom is 0.261 e. The van der Waals surface area contributed by atoms with Crippen LogP contribution in [0.1, 0.15) is 18.1 Å². The average Bonchev–Trinajstić information content (AvgIpc) is 2.33. The van der Waals surface area contributed by atoms with Gasteiger partial charge in [-0.25, -0.2) is 4.57 Å². The van der Waals surface area contributed by atoms with Gasteiger partial charge in [-0.1, -0.05) is 30.1 Å². The van der Waals surface area contributed by atoms with E-state index in [1.807, 2.05) is 6.92 Å². The summed E-state index contributed by atoms with van der Waals surface area (Å²) in [6.45, 7) is 3.69. The van der Waals surface area contributed by atoms with Crippen LogP contribution in [0, 0.1) is 6.92 Å². The van der Waals surface area contributed by atoms with Crippen LogP contribution in [0.3, 0.4) is 0 Å². The van der Waals surface area contributed by atoms with Crippen LogP contribution in [-0.4, -0.2) is 9.67 Å². The fourth-order valence-corrected chi connectivity index (χ4v) is 2.44. The molecule has 0 spiro atoms. The molecule has 5 heteroatoms. The van der Waals surface area contributed by atoms with Crippen molar-refractivity contribution in [3.63, 3.8) is 0 Å². The van der Waals surface area contributed by atoms with Crippen LogP contribution in [0.2, 0.25) is 10.0 Å². The molecular weight excluding hydrogens is 285 g/mol. The predicted molar refractivity (Wildman–Crippen MR) is 77.8 cm³/mol. The molecule has 1 aromatic heterocycles. The zero-order valence-corrected chi connectivity index (χ0v) is 12.1. The number of aromatic nitrogens is 1. The highest BCUT2D eigenvalue weighted by Gasteiger charge is 2.14. The lowest BCUT2D eigenvalue weighted by Gasteiger charge is -2.13. The quantitative estimate of drug-likeness (QED) is 0.918. The highest BCUT2D eigenvalue weighted by Crippen LogP contribution is 2.27. The third-order valence-corrected chi connectivity index (χ3v) is 3.57. The van der Waals surface area contributed by atoms with E-state index in [9.17, 15) is 9.90 Å². The van der Waals surface area contributed by atoms with Gasteiger partial charge >= 0.3 is 0 Å². The third kappa shape index (κ3) is 2.48. The molecule has 1 N–H and O–H groups in total. The Hall–Kier alpha value is -1.45. The molecule has 0 saturated heterocycles. The minimum atomic E-state index is -0.274. The van der Waals surface area contributed by atoms with E-state index in [4.69, 9.17) is 23.2 Å². The highest BCUT2D eigenvalue weighted by molar-refractivity contribution is 6.34. The van der Waals surface area contributed by atoms with Gasteiger partial charge in [0.2, 0.25) is 0 Å². The summed E-state index contributed by atoms with van der Waals surface area (Å²) in [6.07, 6.45) is 0.586. The summed E-state index contributed by atoms with van der Waals surface area (Å²) >= 11 is 12.0. The molecule has 3 nitrogen and oxygen atoms in total. The Morgan fingerprint density at radius 3 is 2.58 bits per heavy atom. The van der Waals surface area contributed by atoms with Gasteiger partial charge in [-0.05, 0) is 37.1 Å². The van der Waals surface area contributed by atoms with Gasteiger partial charge in [0.15, 0.2) is 5.88 Å². The average molecular weight is 298 g/mol. The van der Waals surface area contributed by atoms with E-state index in [1.165, 1.54) is 4.57 Å². The molecule has 0 aliphatic carbocycles. The molecule has 0 unspecified atom stereocenters. The molecule has 0 aliphatic heterocycles. The van der Waals surface area contributed by atoms with Crippen LogP contribution < -0.4 is 5.56 Å². The number of hydrogen-bond donors (Lipinski definition) is 1. The monoisotopic (exact) mass is 297 g/mol. The van der Waals surface area contributed by atoms with E-state index in [-0.39, 0.29) is 11.4 Å². The summed E-state index contributed by atoms with van der Waals surface area (Å²) in [5, 5.41) is 10.8. The number of nitrogens with zero attached hydrogens (tertiary/aromatic N) is 1. The van der Waals surface area contributed by atoms with Gasteiger partial charge in [0.25, 0.3) is 5.56 Å². The molecule has 1 aromatic carbocycles. The molecule has 1 heterocycles. The van der Waals surface area contributed by atoms with E-state index in [2.05, 4.69) is 0 Å². The van der Waals surface area contributed by atoms with Crippen LogP contribution in [0.25, 0.3) is 5.69 Å². The van der Waals surface area contributed by atoms with E-state index < -0.39 is 0 Å². The molecule has 0 atom stereocenters. The van der Waals surface area contributed by atoms with Gasteiger partial charge in [-0.2, -0.15) is 0 Å². The normalized spacial score (nSPS) is 10.7. The second kappa shape index (κ2) is 5.27. The van der Waals surface area contributed by atoms with Gasteiger partial charge in [-0.15, -0.1) is 0 Å². The fraction of sp³-hybridized carbons (Fsp3) is 0.214. The van der Waals surface area contributed by atoms with Crippen molar-refractivity contribution < 1.29 is 5.11 Å². The standard InChI is InChI=1S/C14H13Cl2NO2/c1-3-10-8(2)6-13(18)17(14(10)19)12-7-9(15)4-5-11(12)16/h4-7,18H,3H2,1-2H3. The zero-order chi connectivity index (χ0) is 14.2. The topological polar surface area (TPSA) is 42.2 Å². The first-order valence-electron chi connectivity index (χ1n) is 5.85. The summed E-state index contributed by atoms with van der Waals surface area (Å²) in [7, 11) is 0. The molecule has 100 valence electrons. The maximum atomic E-state index is 12.4. The van der Waals surface area contributed by atoms with Gasteiger partial charge < -0.3 is 5.11 Å². The lowest BCUT2D eigenvalue weighted by molar-refractivity contribution is 0.434. The van der Waals surface area contributed by atoms with E-state index in [1.54, 1.807) is 31.2 Å². The molecule has 2 rings (SSSR count). The van der Waals surface area contributed by atoms with Crippen molar-refractivity contribution in [3.8, 4) is 11.6 Å². The highest BCUT2D eigenvalue weighted by atomic mass is 35.5. The van der Waals surface area contributed by atoms with Crippen molar-refractivity contribution in [1.29, 1.82) is 0 Å². The van der Waals surface area contributed by atoms with Gasteiger partial charge in [-0.3, -0.25) is 4.79 Å². The second-order valence-corrected chi connectivity index (χ2v) is 5.10.